The van der Waals surface area contributed by atoms with Gasteiger partial charge in [-0.2, -0.15) is 0 Å². The van der Waals surface area contributed by atoms with Crippen molar-refractivity contribution < 1.29 is 9.18 Å². The Labute approximate surface area is 133 Å². The maximum atomic E-state index is 13.8. The molecule has 1 aliphatic rings. The molecule has 1 aromatic heterocycles. The first kappa shape index (κ1) is 15.4. The molecule has 0 radical (unpaired) electrons. The SMILES string of the molecule is Cc1cc(=O)[nH]c([C@@H]2CCCN(C(=O)c3ccccc3F)C2)n1. The molecule has 120 valence electrons. The molecule has 1 atom stereocenters. The summed E-state index contributed by atoms with van der Waals surface area (Å²) in [6.07, 6.45) is 1.63. The molecule has 2 aromatic rings. The Bertz CT molecular complexity index is 787. The number of benzene rings is 1. The summed E-state index contributed by atoms with van der Waals surface area (Å²) in [4.78, 5) is 32.9. The van der Waals surface area contributed by atoms with Crippen molar-refractivity contribution in [1.29, 1.82) is 0 Å². The molecule has 1 saturated heterocycles. The number of H-pyrrole nitrogens is 1. The van der Waals surface area contributed by atoms with Gasteiger partial charge in [-0.3, -0.25) is 9.59 Å². The summed E-state index contributed by atoms with van der Waals surface area (Å²) >= 11 is 0. The smallest absolute Gasteiger partial charge is 0.256 e. The average Bonchev–Trinajstić information content (AvgIpc) is 2.54. The molecule has 1 aromatic carbocycles. The number of carbonyl (C=O) groups excluding carboxylic acids is 1. The number of likely N-dealkylation sites (tertiary alicyclic amines) is 1. The van der Waals surface area contributed by atoms with Crippen LogP contribution in [0.4, 0.5) is 4.39 Å². The van der Waals surface area contributed by atoms with Gasteiger partial charge in [0.25, 0.3) is 11.5 Å². The summed E-state index contributed by atoms with van der Waals surface area (Å²) in [7, 11) is 0. The zero-order valence-corrected chi connectivity index (χ0v) is 12.9. The molecule has 1 fully saturated rings. The standard InChI is InChI=1S/C17H18FN3O2/c1-11-9-15(22)20-16(19-11)12-5-4-8-21(10-12)17(23)13-6-2-3-7-14(13)18/h2-3,6-7,9,12H,4-5,8,10H2,1H3,(H,19,20,22)/t12-/m1/s1. The Kier molecular flexibility index (Phi) is 4.23. The molecule has 0 spiro atoms. The number of nitrogens with one attached hydrogen (secondary N) is 1. The van der Waals surface area contributed by atoms with Gasteiger partial charge in [-0.25, -0.2) is 9.37 Å². The Morgan fingerprint density at radius 2 is 2.17 bits per heavy atom. The Morgan fingerprint density at radius 1 is 1.39 bits per heavy atom. The highest BCUT2D eigenvalue weighted by Gasteiger charge is 2.28. The van der Waals surface area contributed by atoms with Crippen LogP contribution in [-0.4, -0.2) is 33.9 Å². The summed E-state index contributed by atoms with van der Waals surface area (Å²) in [6, 6.07) is 7.43. The predicted molar refractivity (Wildman–Crippen MR) is 83.9 cm³/mol. The van der Waals surface area contributed by atoms with Crippen LogP contribution in [0.1, 0.15) is 40.6 Å². The average molecular weight is 315 g/mol. The van der Waals surface area contributed by atoms with E-state index in [0.717, 1.165) is 12.8 Å². The molecule has 1 amide bonds. The number of amides is 1. The second kappa shape index (κ2) is 6.32. The minimum absolute atomic E-state index is 0.0351. The molecule has 0 saturated carbocycles. The number of aromatic nitrogens is 2. The quantitative estimate of drug-likeness (QED) is 0.924. The third-order valence-electron chi connectivity index (χ3n) is 4.09. The van der Waals surface area contributed by atoms with Crippen molar-refractivity contribution in [2.24, 2.45) is 0 Å². The fourth-order valence-corrected chi connectivity index (χ4v) is 2.99. The van der Waals surface area contributed by atoms with Crippen molar-refractivity contribution in [3.63, 3.8) is 0 Å². The lowest BCUT2D eigenvalue weighted by Gasteiger charge is -2.32. The van der Waals surface area contributed by atoms with Gasteiger partial charge in [-0.15, -0.1) is 0 Å². The van der Waals surface area contributed by atoms with E-state index in [1.54, 1.807) is 24.0 Å². The molecule has 0 unspecified atom stereocenters. The lowest BCUT2D eigenvalue weighted by atomic mass is 9.96. The van der Waals surface area contributed by atoms with Gasteiger partial charge < -0.3 is 9.88 Å². The highest BCUT2D eigenvalue weighted by atomic mass is 19.1. The van der Waals surface area contributed by atoms with E-state index >= 15 is 0 Å². The lowest BCUT2D eigenvalue weighted by Crippen LogP contribution is -2.40. The van der Waals surface area contributed by atoms with Gasteiger partial charge >= 0.3 is 0 Å². The molecule has 2 heterocycles. The van der Waals surface area contributed by atoms with E-state index in [-0.39, 0.29) is 22.9 Å². The first-order chi connectivity index (χ1) is 11.0. The Morgan fingerprint density at radius 3 is 2.91 bits per heavy atom. The zero-order chi connectivity index (χ0) is 16.4. The van der Waals surface area contributed by atoms with Gasteiger partial charge in [0, 0.05) is 30.8 Å². The van der Waals surface area contributed by atoms with Crippen molar-refractivity contribution in [2.75, 3.05) is 13.1 Å². The lowest BCUT2D eigenvalue weighted by molar-refractivity contribution is 0.0699. The number of hydrogen-bond acceptors (Lipinski definition) is 3. The first-order valence-electron chi connectivity index (χ1n) is 7.66. The van der Waals surface area contributed by atoms with Gasteiger partial charge in [0.15, 0.2) is 0 Å². The van der Waals surface area contributed by atoms with E-state index in [9.17, 15) is 14.0 Å². The number of halogens is 1. The third kappa shape index (κ3) is 3.31. The van der Waals surface area contributed by atoms with Gasteiger partial charge in [0.1, 0.15) is 11.6 Å². The topological polar surface area (TPSA) is 66.1 Å². The van der Waals surface area contributed by atoms with Crippen molar-refractivity contribution in [3.05, 3.63) is 63.6 Å². The van der Waals surface area contributed by atoms with E-state index in [2.05, 4.69) is 9.97 Å². The van der Waals surface area contributed by atoms with E-state index in [0.29, 0.717) is 24.6 Å². The minimum Gasteiger partial charge on any atom is -0.338 e. The molecule has 1 N–H and O–H groups in total. The van der Waals surface area contributed by atoms with Crippen LogP contribution in [0.5, 0.6) is 0 Å². The molecule has 6 heteroatoms. The molecular weight excluding hydrogens is 297 g/mol. The van der Waals surface area contributed by atoms with Crippen LogP contribution < -0.4 is 5.56 Å². The van der Waals surface area contributed by atoms with Crippen molar-refractivity contribution in [1.82, 2.24) is 14.9 Å². The summed E-state index contributed by atoms with van der Waals surface area (Å²) in [5.74, 6) is -0.266. The van der Waals surface area contributed by atoms with Crippen LogP contribution in [0.2, 0.25) is 0 Å². The van der Waals surface area contributed by atoms with Crippen molar-refractivity contribution >= 4 is 5.91 Å². The third-order valence-corrected chi connectivity index (χ3v) is 4.09. The largest absolute Gasteiger partial charge is 0.338 e. The predicted octanol–water partition coefficient (Wildman–Crippen LogP) is 2.24. The summed E-state index contributed by atoms with van der Waals surface area (Å²) in [5, 5.41) is 0. The number of hydrogen-bond donors (Lipinski definition) is 1. The van der Waals surface area contributed by atoms with Crippen LogP contribution in [0.3, 0.4) is 0 Å². The molecule has 0 aliphatic carbocycles. The monoisotopic (exact) mass is 315 g/mol. The van der Waals surface area contributed by atoms with Crippen LogP contribution in [0.15, 0.2) is 35.1 Å². The van der Waals surface area contributed by atoms with Crippen molar-refractivity contribution in [3.8, 4) is 0 Å². The molecule has 5 nitrogen and oxygen atoms in total. The van der Waals surface area contributed by atoms with Gasteiger partial charge in [0.2, 0.25) is 0 Å². The van der Waals surface area contributed by atoms with E-state index in [1.165, 1.54) is 18.2 Å². The molecule has 3 rings (SSSR count). The second-order valence-electron chi connectivity index (χ2n) is 5.84. The fraction of sp³-hybridized carbons (Fsp3) is 0.353. The maximum absolute atomic E-state index is 13.8. The molecular formula is C17H18FN3O2. The van der Waals surface area contributed by atoms with Crippen LogP contribution in [0, 0.1) is 12.7 Å². The van der Waals surface area contributed by atoms with Gasteiger partial charge in [-0.1, -0.05) is 12.1 Å². The number of rotatable bonds is 2. The Hall–Kier alpha value is -2.50. The van der Waals surface area contributed by atoms with E-state index in [4.69, 9.17) is 0 Å². The van der Waals surface area contributed by atoms with Crippen LogP contribution in [-0.2, 0) is 0 Å². The maximum Gasteiger partial charge on any atom is 0.256 e. The zero-order valence-electron chi connectivity index (χ0n) is 12.9. The first-order valence-corrected chi connectivity index (χ1v) is 7.66. The summed E-state index contributed by atoms with van der Waals surface area (Å²) < 4.78 is 13.8. The Balaban J connectivity index is 1.82. The number of carbonyl (C=O) groups is 1. The number of aromatic amines is 1. The van der Waals surface area contributed by atoms with Crippen molar-refractivity contribution in [2.45, 2.75) is 25.7 Å². The fourth-order valence-electron chi connectivity index (χ4n) is 2.99. The van der Waals surface area contributed by atoms with Gasteiger partial charge in [0.05, 0.1) is 5.56 Å². The van der Waals surface area contributed by atoms with E-state index < -0.39 is 5.82 Å². The number of aryl methyl sites for hydroxylation is 1. The molecule has 23 heavy (non-hydrogen) atoms. The van der Waals surface area contributed by atoms with Crippen LogP contribution >= 0.6 is 0 Å². The second-order valence-corrected chi connectivity index (χ2v) is 5.84. The number of nitrogens with zero attached hydrogens (tertiary/aromatic N) is 2. The van der Waals surface area contributed by atoms with Crippen LogP contribution in [0.25, 0.3) is 0 Å². The highest BCUT2D eigenvalue weighted by Crippen LogP contribution is 2.25. The molecule has 0 bridgehead atoms. The highest BCUT2D eigenvalue weighted by molar-refractivity contribution is 5.94. The summed E-state index contributed by atoms with van der Waals surface area (Å²) in [6.45, 7) is 2.78. The van der Waals surface area contributed by atoms with Gasteiger partial charge in [-0.05, 0) is 31.9 Å². The number of piperidine rings is 1. The minimum atomic E-state index is -0.512. The molecule has 1 aliphatic heterocycles. The normalized spacial score (nSPS) is 18.0. The van der Waals surface area contributed by atoms with E-state index in [1.807, 2.05) is 0 Å². The summed E-state index contributed by atoms with van der Waals surface area (Å²) in [5.41, 5.74) is 0.546.